The number of nitrogens with one attached hydrogen (secondary N) is 1. The molecule has 0 spiro atoms. The Labute approximate surface area is 208 Å². The number of benzene rings is 2. The van der Waals surface area contributed by atoms with E-state index in [4.69, 9.17) is 0 Å². The molecule has 1 atom stereocenters. The van der Waals surface area contributed by atoms with Crippen LogP contribution >= 0.6 is 11.3 Å². The molecule has 0 radical (unpaired) electrons. The predicted molar refractivity (Wildman–Crippen MR) is 129 cm³/mol. The van der Waals surface area contributed by atoms with E-state index in [1.165, 1.54) is 27.5 Å². The number of nitrogens with zero attached hydrogens (tertiary/aromatic N) is 2. The van der Waals surface area contributed by atoms with Gasteiger partial charge in [-0.3, -0.25) is 0 Å². The lowest BCUT2D eigenvalue weighted by atomic mass is 9.95. The molecule has 0 fully saturated rings. The van der Waals surface area contributed by atoms with Gasteiger partial charge in [0.05, 0.1) is 17.9 Å². The molecule has 2 amide bonds. The van der Waals surface area contributed by atoms with Gasteiger partial charge >= 0.3 is 6.03 Å². The first-order valence-corrected chi connectivity index (χ1v) is 12.5. The molecule has 0 unspecified atom stereocenters. The molecular formula is C27H21F4N3OS. The van der Waals surface area contributed by atoms with Crippen molar-refractivity contribution in [3.8, 4) is 5.00 Å². The van der Waals surface area contributed by atoms with E-state index < -0.39 is 35.3 Å². The van der Waals surface area contributed by atoms with Gasteiger partial charge < -0.3 is 14.8 Å². The van der Waals surface area contributed by atoms with Gasteiger partial charge in [-0.15, -0.1) is 11.3 Å². The lowest BCUT2D eigenvalue weighted by Crippen LogP contribution is -2.38. The standard InChI is InChI=1S/C27H21F4N3OS/c28-16-7-8-22(21(31)13-16)32-27(35)34-14-20-19-4-1-2-6-24(19)36-26(20)33-9-3-5-23(33)25(34)15-10-17(29)12-18(30)11-15/h3,5,7-13,25H,1-2,4,6,14H2,(H,32,35)/t25-/m0/s1. The van der Waals surface area contributed by atoms with Gasteiger partial charge in [0.1, 0.15) is 34.3 Å². The normalized spacial score (nSPS) is 16.7. The van der Waals surface area contributed by atoms with E-state index in [1.54, 1.807) is 11.3 Å². The number of urea groups is 1. The van der Waals surface area contributed by atoms with Crippen LogP contribution in [0.1, 0.15) is 46.1 Å². The van der Waals surface area contributed by atoms with Crippen molar-refractivity contribution in [1.29, 1.82) is 0 Å². The number of thiophene rings is 1. The second-order valence-corrected chi connectivity index (χ2v) is 10.2. The number of halogens is 4. The third-order valence-corrected chi connectivity index (χ3v) is 8.15. The highest BCUT2D eigenvalue weighted by molar-refractivity contribution is 7.15. The Morgan fingerprint density at radius 3 is 2.47 bits per heavy atom. The van der Waals surface area contributed by atoms with E-state index in [-0.39, 0.29) is 17.8 Å². The fourth-order valence-corrected chi connectivity index (χ4v) is 6.65. The van der Waals surface area contributed by atoms with Crippen LogP contribution < -0.4 is 5.32 Å². The molecule has 2 aliphatic rings. The predicted octanol–water partition coefficient (Wildman–Crippen LogP) is 7.11. The molecule has 36 heavy (non-hydrogen) atoms. The summed E-state index contributed by atoms with van der Waals surface area (Å²) >= 11 is 1.68. The molecule has 4 aromatic rings. The van der Waals surface area contributed by atoms with Gasteiger partial charge in [-0.2, -0.15) is 0 Å². The average molecular weight is 512 g/mol. The molecule has 0 saturated carbocycles. The van der Waals surface area contributed by atoms with Gasteiger partial charge in [-0.25, -0.2) is 22.4 Å². The Balaban J connectivity index is 1.51. The SMILES string of the molecule is O=C(Nc1ccc(F)cc1F)N1Cc2c(sc3c2CCCC3)-n2cccc2[C@@H]1c1cc(F)cc(F)c1. The number of carbonyl (C=O) groups excluding carboxylic acids is 1. The number of fused-ring (bicyclic) bond motifs is 5. The minimum Gasteiger partial charge on any atom is -0.310 e. The summed E-state index contributed by atoms with van der Waals surface area (Å²) in [6.45, 7) is 0.167. The zero-order valence-electron chi connectivity index (χ0n) is 19.0. The zero-order valence-corrected chi connectivity index (χ0v) is 19.8. The van der Waals surface area contributed by atoms with E-state index in [0.717, 1.165) is 54.4 Å². The minimum absolute atomic E-state index is 0.167. The summed E-state index contributed by atoms with van der Waals surface area (Å²) in [6, 6.07) is 8.23. The lowest BCUT2D eigenvalue weighted by molar-refractivity contribution is 0.194. The molecule has 0 saturated heterocycles. The maximum Gasteiger partial charge on any atom is 0.323 e. The van der Waals surface area contributed by atoms with Crippen molar-refractivity contribution in [3.05, 3.63) is 105 Å². The van der Waals surface area contributed by atoms with Crippen LogP contribution in [-0.4, -0.2) is 15.5 Å². The number of rotatable bonds is 2. The minimum atomic E-state index is -0.913. The van der Waals surface area contributed by atoms with Gasteiger partial charge in [0.15, 0.2) is 0 Å². The molecule has 6 rings (SSSR count). The molecule has 2 aromatic carbocycles. The van der Waals surface area contributed by atoms with Crippen LogP contribution in [0.15, 0.2) is 54.7 Å². The maximum atomic E-state index is 14.4. The number of aryl methyl sites for hydroxylation is 1. The van der Waals surface area contributed by atoms with Gasteiger partial charge in [-0.05, 0) is 73.2 Å². The van der Waals surface area contributed by atoms with E-state index in [0.29, 0.717) is 11.8 Å². The second-order valence-electron chi connectivity index (χ2n) is 9.09. The maximum absolute atomic E-state index is 14.4. The molecule has 1 aliphatic heterocycles. The molecule has 184 valence electrons. The first-order valence-electron chi connectivity index (χ1n) is 11.7. The summed E-state index contributed by atoms with van der Waals surface area (Å²) in [4.78, 5) is 16.5. The van der Waals surface area contributed by atoms with Crippen molar-refractivity contribution in [1.82, 2.24) is 9.47 Å². The lowest BCUT2D eigenvalue weighted by Gasteiger charge is -2.31. The summed E-state index contributed by atoms with van der Waals surface area (Å²) in [6.07, 6.45) is 5.89. The summed E-state index contributed by atoms with van der Waals surface area (Å²) in [5.74, 6) is -3.20. The van der Waals surface area contributed by atoms with Gasteiger partial charge in [-0.1, -0.05) is 0 Å². The van der Waals surface area contributed by atoms with Crippen molar-refractivity contribution in [2.75, 3.05) is 5.32 Å². The summed E-state index contributed by atoms with van der Waals surface area (Å²) in [7, 11) is 0. The van der Waals surface area contributed by atoms with Crippen LogP contribution in [0.2, 0.25) is 0 Å². The fourth-order valence-electron chi connectivity index (χ4n) is 5.25. The number of amides is 2. The van der Waals surface area contributed by atoms with Crippen molar-refractivity contribution in [2.24, 2.45) is 0 Å². The first kappa shape index (κ1) is 22.8. The molecular weight excluding hydrogens is 490 g/mol. The van der Waals surface area contributed by atoms with Crippen molar-refractivity contribution < 1.29 is 22.4 Å². The third kappa shape index (κ3) is 3.87. The fraction of sp³-hybridized carbons (Fsp3) is 0.222. The smallest absolute Gasteiger partial charge is 0.310 e. The zero-order chi connectivity index (χ0) is 25.0. The molecule has 4 nitrogen and oxygen atoms in total. The number of aromatic nitrogens is 1. The number of carbonyl (C=O) groups is 1. The quantitative estimate of drug-likeness (QED) is 0.286. The van der Waals surface area contributed by atoms with E-state index >= 15 is 0 Å². The molecule has 1 N–H and O–H groups in total. The monoisotopic (exact) mass is 511 g/mol. The van der Waals surface area contributed by atoms with Crippen LogP contribution in [0.3, 0.4) is 0 Å². The van der Waals surface area contributed by atoms with Crippen molar-refractivity contribution >= 4 is 23.1 Å². The number of hydrogen-bond acceptors (Lipinski definition) is 2. The highest BCUT2D eigenvalue weighted by Gasteiger charge is 2.36. The van der Waals surface area contributed by atoms with Crippen LogP contribution in [0.4, 0.5) is 28.0 Å². The number of hydrogen-bond donors (Lipinski definition) is 1. The highest BCUT2D eigenvalue weighted by Crippen LogP contribution is 2.44. The summed E-state index contributed by atoms with van der Waals surface area (Å²) in [5, 5.41) is 3.52. The highest BCUT2D eigenvalue weighted by atomic mass is 32.1. The Bertz CT molecular complexity index is 1470. The van der Waals surface area contributed by atoms with Crippen molar-refractivity contribution in [3.63, 3.8) is 0 Å². The Morgan fingerprint density at radius 1 is 0.917 bits per heavy atom. The van der Waals surface area contributed by atoms with Gasteiger partial charge in [0.2, 0.25) is 0 Å². The molecule has 1 aliphatic carbocycles. The topological polar surface area (TPSA) is 37.3 Å². The summed E-state index contributed by atoms with van der Waals surface area (Å²) < 4.78 is 58.5. The van der Waals surface area contributed by atoms with Crippen LogP contribution in [0, 0.1) is 23.3 Å². The third-order valence-electron chi connectivity index (χ3n) is 6.81. The van der Waals surface area contributed by atoms with Crippen LogP contribution in [-0.2, 0) is 19.4 Å². The molecule has 3 heterocycles. The van der Waals surface area contributed by atoms with Crippen LogP contribution in [0.25, 0.3) is 5.00 Å². The molecule has 0 bridgehead atoms. The van der Waals surface area contributed by atoms with E-state index in [9.17, 15) is 22.4 Å². The summed E-state index contributed by atoms with van der Waals surface area (Å²) in [5.41, 5.74) is 2.93. The van der Waals surface area contributed by atoms with Crippen LogP contribution in [0.5, 0.6) is 0 Å². The Kier molecular flexibility index (Phi) is 5.59. The van der Waals surface area contributed by atoms with E-state index in [1.807, 2.05) is 22.9 Å². The molecule has 2 aromatic heterocycles. The Hall–Kier alpha value is -3.59. The first-order chi connectivity index (χ1) is 17.4. The average Bonchev–Trinajstić information content (AvgIpc) is 3.42. The number of anilines is 1. The second kappa shape index (κ2) is 8.81. The van der Waals surface area contributed by atoms with Gasteiger partial charge in [0, 0.05) is 28.8 Å². The van der Waals surface area contributed by atoms with Crippen molar-refractivity contribution in [2.45, 2.75) is 38.3 Å². The van der Waals surface area contributed by atoms with Gasteiger partial charge in [0.25, 0.3) is 0 Å². The largest absolute Gasteiger partial charge is 0.323 e. The molecule has 9 heteroatoms. The van der Waals surface area contributed by atoms with E-state index in [2.05, 4.69) is 5.32 Å². The Morgan fingerprint density at radius 2 is 1.69 bits per heavy atom.